The third kappa shape index (κ3) is 1.93. The average molecular weight is 142 g/mol. The highest BCUT2D eigenvalue weighted by Gasteiger charge is 1.85. The van der Waals surface area contributed by atoms with Gasteiger partial charge in [-0.15, -0.1) is 0 Å². The van der Waals surface area contributed by atoms with Crippen molar-refractivity contribution < 1.29 is 10.7 Å². The summed E-state index contributed by atoms with van der Waals surface area (Å²) in [6, 6.07) is 6.79. The molecule has 0 heterocycles. The highest BCUT2D eigenvalue weighted by atomic mass is 16.5. The molecule has 1 aromatic carbocycles. The van der Waals surface area contributed by atoms with Crippen LogP contribution in [0.1, 0.15) is 0 Å². The molecule has 0 fully saturated rings. The summed E-state index contributed by atoms with van der Waals surface area (Å²) in [6.07, 6.45) is 0. The summed E-state index contributed by atoms with van der Waals surface area (Å²) in [6.45, 7) is 0. The van der Waals surface area contributed by atoms with E-state index in [1.54, 1.807) is 24.3 Å². The molecular weight excluding hydrogens is 132 g/mol. The van der Waals surface area contributed by atoms with E-state index in [9.17, 15) is 0 Å². The van der Waals surface area contributed by atoms with E-state index in [-0.39, 0.29) is 5.48 Å². The first kappa shape index (κ1) is 8.74. The SMILES string of the molecule is Nc1ccc(NO)cc1.O. The smallest absolute Gasteiger partial charge is 0.0603 e. The molecule has 1 aromatic rings. The molecule has 56 valence electrons. The van der Waals surface area contributed by atoms with E-state index in [2.05, 4.69) is 0 Å². The summed E-state index contributed by atoms with van der Waals surface area (Å²) in [5.41, 5.74) is 8.70. The molecule has 0 saturated carbocycles. The molecule has 4 heteroatoms. The molecular formula is C6H10N2O2. The molecule has 0 aliphatic heterocycles. The first-order valence-electron chi connectivity index (χ1n) is 2.58. The Morgan fingerprint density at radius 2 is 1.70 bits per heavy atom. The van der Waals surface area contributed by atoms with Crippen LogP contribution in [0.3, 0.4) is 0 Å². The molecule has 6 N–H and O–H groups in total. The lowest BCUT2D eigenvalue weighted by molar-refractivity contribution is 0.389. The van der Waals surface area contributed by atoms with Crippen LogP contribution in [0.15, 0.2) is 24.3 Å². The number of hydrogen-bond donors (Lipinski definition) is 3. The summed E-state index contributed by atoms with van der Waals surface area (Å²) in [5, 5.41) is 8.34. The fraction of sp³-hybridized carbons (Fsp3) is 0. The predicted molar refractivity (Wildman–Crippen MR) is 39.9 cm³/mol. The summed E-state index contributed by atoms with van der Waals surface area (Å²) < 4.78 is 0. The Kier molecular flexibility index (Phi) is 3.24. The van der Waals surface area contributed by atoms with Gasteiger partial charge in [-0.1, -0.05) is 0 Å². The van der Waals surface area contributed by atoms with Crippen LogP contribution in [0.4, 0.5) is 11.4 Å². The van der Waals surface area contributed by atoms with Gasteiger partial charge in [0.05, 0.1) is 5.69 Å². The predicted octanol–water partition coefficient (Wildman–Crippen LogP) is 0.245. The molecule has 4 nitrogen and oxygen atoms in total. The van der Waals surface area contributed by atoms with Crippen LogP contribution in [0.2, 0.25) is 0 Å². The van der Waals surface area contributed by atoms with Crippen molar-refractivity contribution in [2.75, 3.05) is 11.2 Å². The van der Waals surface area contributed by atoms with Crippen molar-refractivity contribution in [3.63, 3.8) is 0 Å². The standard InChI is InChI=1S/C6H8N2O.H2O/c7-5-1-3-6(8-9)4-2-5;/h1-4,8-9H,7H2;1H2. The van der Waals surface area contributed by atoms with Crippen molar-refractivity contribution in [3.8, 4) is 0 Å². The number of nitrogens with two attached hydrogens (primary N) is 1. The Bertz CT molecular complexity index is 185. The van der Waals surface area contributed by atoms with Gasteiger partial charge in [-0.3, -0.25) is 10.7 Å². The molecule has 0 aliphatic rings. The van der Waals surface area contributed by atoms with Crippen LogP contribution in [-0.2, 0) is 0 Å². The van der Waals surface area contributed by atoms with Gasteiger partial charge in [0.2, 0.25) is 0 Å². The highest BCUT2D eigenvalue weighted by Crippen LogP contribution is 2.08. The Hall–Kier alpha value is -1.26. The fourth-order valence-electron chi connectivity index (χ4n) is 0.558. The van der Waals surface area contributed by atoms with E-state index in [0.717, 1.165) is 0 Å². The van der Waals surface area contributed by atoms with Crippen LogP contribution in [0.25, 0.3) is 0 Å². The van der Waals surface area contributed by atoms with E-state index >= 15 is 0 Å². The number of nitrogens with one attached hydrogen (secondary N) is 1. The van der Waals surface area contributed by atoms with E-state index in [1.165, 1.54) is 0 Å². The topological polar surface area (TPSA) is 89.8 Å². The Morgan fingerprint density at radius 1 is 1.20 bits per heavy atom. The van der Waals surface area contributed by atoms with Crippen molar-refractivity contribution in [2.24, 2.45) is 0 Å². The second kappa shape index (κ2) is 3.71. The minimum Gasteiger partial charge on any atom is -0.412 e. The zero-order valence-electron chi connectivity index (χ0n) is 5.33. The normalized spacial score (nSPS) is 8.10. The number of hydrogen-bond acceptors (Lipinski definition) is 3. The maximum absolute atomic E-state index is 8.34. The van der Waals surface area contributed by atoms with Crippen molar-refractivity contribution >= 4 is 11.4 Å². The first-order valence-corrected chi connectivity index (χ1v) is 2.58. The minimum absolute atomic E-state index is 0. The van der Waals surface area contributed by atoms with E-state index < -0.39 is 0 Å². The molecule has 0 atom stereocenters. The van der Waals surface area contributed by atoms with Crippen LogP contribution in [-0.4, -0.2) is 10.7 Å². The van der Waals surface area contributed by atoms with Gasteiger partial charge in [0.25, 0.3) is 0 Å². The highest BCUT2D eigenvalue weighted by molar-refractivity contribution is 5.49. The van der Waals surface area contributed by atoms with Crippen LogP contribution >= 0.6 is 0 Å². The maximum atomic E-state index is 8.34. The molecule has 10 heavy (non-hydrogen) atoms. The molecule has 0 aliphatic carbocycles. The number of anilines is 2. The first-order chi connectivity index (χ1) is 4.33. The minimum atomic E-state index is 0. The maximum Gasteiger partial charge on any atom is 0.0603 e. The third-order valence-corrected chi connectivity index (χ3v) is 1.04. The molecule has 0 unspecified atom stereocenters. The summed E-state index contributed by atoms with van der Waals surface area (Å²) >= 11 is 0. The average Bonchev–Trinajstić information content (AvgIpc) is 1.90. The quantitative estimate of drug-likeness (QED) is 0.387. The Morgan fingerprint density at radius 3 is 2.10 bits per heavy atom. The second-order valence-electron chi connectivity index (χ2n) is 1.73. The van der Waals surface area contributed by atoms with Gasteiger partial charge in [-0.25, -0.2) is 0 Å². The molecule has 0 bridgehead atoms. The van der Waals surface area contributed by atoms with Crippen molar-refractivity contribution in [1.82, 2.24) is 0 Å². The number of benzene rings is 1. The van der Waals surface area contributed by atoms with E-state index in [1.807, 2.05) is 5.48 Å². The molecule has 0 saturated heterocycles. The zero-order valence-corrected chi connectivity index (χ0v) is 5.33. The van der Waals surface area contributed by atoms with Crippen molar-refractivity contribution in [3.05, 3.63) is 24.3 Å². The molecule has 0 aromatic heterocycles. The third-order valence-electron chi connectivity index (χ3n) is 1.04. The summed E-state index contributed by atoms with van der Waals surface area (Å²) in [4.78, 5) is 0. The summed E-state index contributed by atoms with van der Waals surface area (Å²) in [7, 11) is 0. The van der Waals surface area contributed by atoms with Crippen molar-refractivity contribution in [1.29, 1.82) is 0 Å². The molecule has 0 amide bonds. The van der Waals surface area contributed by atoms with Gasteiger partial charge in [-0.05, 0) is 24.3 Å². The van der Waals surface area contributed by atoms with Gasteiger partial charge in [0.15, 0.2) is 0 Å². The van der Waals surface area contributed by atoms with Crippen LogP contribution in [0.5, 0.6) is 0 Å². The lowest BCUT2D eigenvalue weighted by atomic mass is 10.3. The molecule has 0 spiro atoms. The van der Waals surface area contributed by atoms with Crippen LogP contribution in [0, 0.1) is 0 Å². The second-order valence-corrected chi connectivity index (χ2v) is 1.73. The fourth-order valence-corrected chi connectivity index (χ4v) is 0.558. The van der Waals surface area contributed by atoms with E-state index in [4.69, 9.17) is 10.9 Å². The van der Waals surface area contributed by atoms with Gasteiger partial charge in [0.1, 0.15) is 0 Å². The Balaban J connectivity index is 0.000000810. The van der Waals surface area contributed by atoms with Gasteiger partial charge >= 0.3 is 0 Å². The van der Waals surface area contributed by atoms with Gasteiger partial charge in [0, 0.05) is 5.69 Å². The van der Waals surface area contributed by atoms with E-state index in [0.29, 0.717) is 11.4 Å². The van der Waals surface area contributed by atoms with Crippen LogP contribution < -0.4 is 11.2 Å². The van der Waals surface area contributed by atoms with Gasteiger partial charge in [-0.2, -0.15) is 0 Å². The summed E-state index contributed by atoms with van der Waals surface area (Å²) in [5.74, 6) is 0. The molecule has 0 radical (unpaired) electrons. The Labute approximate surface area is 58.6 Å². The monoisotopic (exact) mass is 142 g/mol. The largest absolute Gasteiger partial charge is 0.412 e. The van der Waals surface area contributed by atoms with Gasteiger partial charge < -0.3 is 11.2 Å². The number of rotatable bonds is 1. The number of nitrogen functional groups attached to an aromatic ring is 1. The lowest BCUT2D eigenvalue weighted by Gasteiger charge is -1.96. The lowest BCUT2D eigenvalue weighted by Crippen LogP contribution is -1.89. The zero-order chi connectivity index (χ0) is 6.69. The molecule has 1 rings (SSSR count). The van der Waals surface area contributed by atoms with Crippen molar-refractivity contribution in [2.45, 2.75) is 0 Å².